The van der Waals surface area contributed by atoms with Crippen molar-refractivity contribution < 1.29 is 26.4 Å². The average molecular weight is 547 g/mol. The monoisotopic (exact) mass is 546 g/mol. The predicted molar refractivity (Wildman–Crippen MR) is 137 cm³/mol. The summed E-state index contributed by atoms with van der Waals surface area (Å²) in [7, 11) is -3.28. The Kier molecular flexibility index (Phi) is 7.78. The molecule has 3 aromatic rings. The second-order valence-electron chi connectivity index (χ2n) is 9.55. The minimum absolute atomic E-state index is 0.0220. The van der Waals surface area contributed by atoms with Crippen molar-refractivity contribution in [3.8, 4) is 0 Å². The fourth-order valence-electron chi connectivity index (χ4n) is 4.62. The first-order chi connectivity index (χ1) is 17.9. The Morgan fingerprint density at radius 1 is 1.11 bits per heavy atom. The third-order valence-electron chi connectivity index (χ3n) is 6.65. The molecular formula is C27H29F3N4O3S. The third kappa shape index (κ3) is 5.82. The van der Waals surface area contributed by atoms with Crippen LogP contribution in [-0.4, -0.2) is 36.6 Å². The molecule has 202 valence electrons. The lowest BCUT2D eigenvalue weighted by atomic mass is 9.85. The molecule has 1 aliphatic heterocycles. The number of carbonyl (C=O) groups is 1. The van der Waals surface area contributed by atoms with Crippen LogP contribution in [0.25, 0.3) is 0 Å². The normalized spacial score (nSPS) is 15.9. The average Bonchev–Trinajstić information content (AvgIpc) is 2.90. The molecule has 2 heterocycles. The van der Waals surface area contributed by atoms with Gasteiger partial charge in [-0.3, -0.25) is 4.79 Å². The molecule has 0 fully saturated rings. The molecule has 0 saturated heterocycles. The molecule has 4 rings (SSSR count). The summed E-state index contributed by atoms with van der Waals surface area (Å²) in [5.74, 6) is 0.113. The Hall–Kier alpha value is -3.47. The lowest BCUT2D eigenvalue weighted by Gasteiger charge is -2.40. The number of fused-ring (bicyclic) bond motifs is 1. The van der Waals surface area contributed by atoms with Crippen molar-refractivity contribution in [1.82, 2.24) is 15.3 Å². The van der Waals surface area contributed by atoms with Gasteiger partial charge in [-0.15, -0.1) is 0 Å². The molecule has 0 saturated carbocycles. The van der Waals surface area contributed by atoms with E-state index in [9.17, 15) is 26.4 Å². The van der Waals surface area contributed by atoms with Crippen LogP contribution in [-0.2, 0) is 29.0 Å². The maximum atomic E-state index is 12.9. The number of halogens is 3. The standard InChI is InChI=1S/C27H29F3N4O3S/c1-4-38(36,37)22-8-5-18(6-9-22)14-31-25(35)20-7-10-23-19(13-20)11-12-34(24(23)17(2)3)26-32-15-21(16-33-26)27(28,29)30/h5-10,13,15-17,24H,4,11-12,14H2,1-3H3,(H,31,35). The number of carbonyl (C=O) groups excluding carboxylic acids is 1. The highest BCUT2D eigenvalue weighted by molar-refractivity contribution is 7.91. The van der Waals surface area contributed by atoms with E-state index in [0.717, 1.165) is 29.1 Å². The number of hydrogen-bond acceptors (Lipinski definition) is 6. The lowest BCUT2D eigenvalue weighted by Crippen LogP contribution is -2.39. The van der Waals surface area contributed by atoms with E-state index in [1.54, 1.807) is 25.1 Å². The number of rotatable bonds is 7. The van der Waals surface area contributed by atoms with Crippen molar-refractivity contribution in [3.63, 3.8) is 0 Å². The molecule has 1 aromatic heterocycles. The Morgan fingerprint density at radius 3 is 2.34 bits per heavy atom. The number of nitrogens with zero attached hydrogens (tertiary/aromatic N) is 3. The highest BCUT2D eigenvalue weighted by Gasteiger charge is 2.34. The van der Waals surface area contributed by atoms with Gasteiger partial charge in [-0.1, -0.05) is 39.0 Å². The molecule has 0 radical (unpaired) electrons. The molecule has 1 amide bonds. The third-order valence-corrected chi connectivity index (χ3v) is 8.40. The lowest BCUT2D eigenvalue weighted by molar-refractivity contribution is -0.138. The van der Waals surface area contributed by atoms with Gasteiger partial charge in [0.1, 0.15) is 0 Å². The molecule has 2 aromatic carbocycles. The van der Waals surface area contributed by atoms with Gasteiger partial charge in [0.25, 0.3) is 5.91 Å². The van der Waals surface area contributed by atoms with Gasteiger partial charge in [-0.05, 0) is 53.3 Å². The van der Waals surface area contributed by atoms with Crippen molar-refractivity contribution in [2.75, 3.05) is 17.2 Å². The van der Waals surface area contributed by atoms with Crippen LogP contribution >= 0.6 is 0 Å². The van der Waals surface area contributed by atoms with Crippen molar-refractivity contribution in [2.45, 2.75) is 50.9 Å². The predicted octanol–water partition coefficient (Wildman–Crippen LogP) is 4.98. The molecule has 0 spiro atoms. The van der Waals surface area contributed by atoms with E-state index in [2.05, 4.69) is 15.3 Å². The first-order valence-corrected chi connectivity index (χ1v) is 13.9. The van der Waals surface area contributed by atoms with Crippen LogP contribution in [0.4, 0.5) is 19.1 Å². The topological polar surface area (TPSA) is 92.3 Å². The molecule has 0 aliphatic carbocycles. The molecule has 38 heavy (non-hydrogen) atoms. The van der Waals surface area contributed by atoms with Gasteiger partial charge >= 0.3 is 6.18 Å². The molecular weight excluding hydrogens is 517 g/mol. The number of alkyl halides is 3. The van der Waals surface area contributed by atoms with E-state index in [1.807, 2.05) is 30.9 Å². The highest BCUT2D eigenvalue weighted by atomic mass is 32.2. The van der Waals surface area contributed by atoms with Crippen molar-refractivity contribution >= 4 is 21.7 Å². The second kappa shape index (κ2) is 10.7. The summed E-state index contributed by atoms with van der Waals surface area (Å²) in [6, 6.07) is 11.7. The maximum Gasteiger partial charge on any atom is 0.419 e. The Balaban J connectivity index is 1.49. The molecule has 11 heteroatoms. The van der Waals surface area contributed by atoms with Gasteiger partial charge in [-0.2, -0.15) is 13.2 Å². The van der Waals surface area contributed by atoms with E-state index in [1.165, 1.54) is 12.1 Å². The minimum atomic E-state index is -4.50. The van der Waals surface area contributed by atoms with E-state index in [4.69, 9.17) is 0 Å². The second-order valence-corrected chi connectivity index (χ2v) is 11.8. The zero-order valence-corrected chi connectivity index (χ0v) is 22.1. The van der Waals surface area contributed by atoms with Crippen LogP contribution in [0.2, 0.25) is 0 Å². The minimum Gasteiger partial charge on any atom is -0.348 e. The van der Waals surface area contributed by atoms with Gasteiger partial charge in [0.15, 0.2) is 9.84 Å². The molecule has 1 aliphatic rings. The quantitative estimate of drug-likeness (QED) is 0.450. The van der Waals surface area contributed by atoms with Gasteiger partial charge in [0.2, 0.25) is 5.95 Å². The Bertz CT molecular complexity index is 1410. The summed E-state index contributed by atoms with van der Waals surface area (Å²) < 4.78 is 62.8. The summed E-state index contributed by atoms with van der Waals surface area (Å²) in [4.78, 5) is 23.0. The SMILES string of the molecule is CCS(=O)(=O)c1ccc(CNC(=O)c2ccc3c(c2)CCN(c2ncc(C(F)(F)F)cn2)C3C(C)C)cc1. The molecule has 1 atom stereocenters. The summed E-state index contributed by atoms with van der Waals surface area (Å²) in [5, 5.41) is 2.87. The first-order valence-electron chi connectivity index (χ1n) is 12.3. The Labute approximate surface area is 220 Å². The number of sulfone groups is 1. The largest absolute Gasteiger partial charge is 0.419 e. The van der Waals surface area contributed by atoms with Crippen LogP contribution < -0.4 is 10.2 Å². The number of nitrogens with one attached hydrogen (secondary N) is 1. The van der Waals surface area contributed by atoms with Crippen LogP contribution in [0.1, 0.15) is 59.4 Å². The molecule has 0 bridgehead atoms. The van der Waals surface area contributed by atoms with Crippen LogP contribution in [0.3, 0.4) is 0 Å². The fraction of sp³-hybridized carbons (Fsp3) is 0.370. The molecule has 1 unspecified atom stereocenters. The maximum absolute atomic E-state index is 12.9. The smallest absolute Gasteiger partial charge is 0.348 e. The highest BCUT2D eigenvalue weighted by Crippen LogP contribution is 2.38. The summed E-state index contributed by atoms with van der Waals surface area (Å²) in [6.45, 7) is 6.38. The fourth-order valence-corrected chi connectivity index (χ4v) is 5.51. The van der Waals surface area contributed by atoms with Crippen molar-refractivity contribution in [3.05, 3.63) is 82.7 Å². The van der Waals surface area contributed by atoms with Gasteiger partial charge in [-0.25, -0.2) is 18.4 Å². The van der Waals surface area contributed by atoms with Gasteiger partial charge < -0.3 is 10.2 Å². The van der Waals surface area contributed by atoms with E-state index in [-0.39, 0.29) is 41.0 Å². The number of anilines is 1. The summed E-state index contributed by atoms with van der Waals surface area (Å²) >= 11 is 0. The number of aromatic nitrogens is 2. The van der Waals surface area contributed by atoms with E-state index in [0.29, 0.717) is 18.5 Å². The number of hydrogen-bond donors (Lipinski definition) is 1. The van der Waals surface area contributed by atoms with E-state index >= 15 is 0 Å². The van der Waals surface area contributed by atoms with Gasteiger partial charge in [0, 0.05) is 31.0 Å². The van der Waals surface area contributed by atoms with Crippen molar-refractivity contribution in [2.24, 2.45) is 5.92 Å². The van der Waals surface area contributed by atoms with Crippen LogP contribution in [0.5, 0.6) is 0 Å². The molecule has 7 nitrogen and oxygen atoms in total. The van der Waals surface area contributed by atoms with Crippen LogP contribution in [0.15, 0.2) is 59.8 Å². The van der Waals surface area contributed by atoms with Crippen LogP contribution in [0, 0.1) is 5.92 Å². The number of amides is 1. The Morgan fingerprint density at radius 2 is 1.76 bits per heavy atom. The molecule has 1 N–H and O–H groups in total. The summed E-state index contributed by atoms with van der Waals surface area (Å²) in [5.41, 5.74) is 2.36. The first kappa shape index (κ1) is 27.6. The van der Waals surface area contributed by atoms with Gasteiger partial charge in [0.05, 0.1) is 22.3 Å². The van der Waals surface area contributed by atoms with E-state index < -0.39 is 21.6 Å². The zero-order chi connectivity index (χ0) is 27.7. The van der Waals surface area contributed by atoms with Crippen molar-refractivity contribution in [1.29, 1.82) is 0 Å². The zero-order valence-electron chi connectivity index (χ0n) is 21.3. The summed E-state index contributed by atoms with van der Waals surface area (Å²) in [6.07, 6.45) is -2.31. The number of benzene rings is 2.